The Balaban J connectivity index is 2.45. The number of nitrogens with zero attached hydrogens (tertiary/aromatic N) is 1. The van der Waals surface area contributed by atoms with Crippen LogP contribution in [0.15, 0.2) is 29.4 Å². The number of phenolic OH excluding ortho intramolecular Hbond substituents is 1. The highest BCUT2D eigenvalue weighted by molar-refractivity contribution is 7.17. The third-order valence-electron chi connectivity index (χ3n) is 3.13. The molecule has 4 N–H and O–H groups in total. The standard InChI is InChI=1S/C16H15N3O4S/c1-8-5-10(13-3-4-14(24-13)16(22)23)15(21)11(6-8)18-19-12(7-20)9(2)17/h3-7,17-18,21H,1-2H3,(H,22,23)/b17-9?,19-12+. The molecule has 0 saturated carbocycles. The van der Waals surface area contributed by atoms with Crippen LogP contribution < -0.4 is 5.43 Å². The van der Waals surface area contributed by atoms with Crippen LogP contribution in [0, 0.1) is 12.3 Å². The number of hydrazone groups is 1. The molecule has 8 heteroatoms. The van der Waals surface area contributed by atoms with Gasteiger partial charge in [0.1, 0.15) is 16.3 Å². The van der Waals surface area contributed by atoms with Gasteiger partial charge in [-0.05, 0) is 43.7 Å². The molecule has 2 aromatic rings. The van der Waals surface area contributed by atoms with Crippen molar-refractivity contribution in [1.29, 1.82) is 5.41 Å². The van der Waals surface area contributed by atoms with Gasteiger partial charge in [0, 0.05) is 10.4 Å². The average Bonchev–Trinajstić information content (AvgIpc) is 3.00. The number of phenols is 1. The zero-order valence-electron chi connectivity index (χ0n) is 13.0. The number of carbonyl (C=O) groups is 2. The molecule has 1 aromatic heterocycles. The number of nitrogens with one attached hydrogen (secondary N) is 2. The van der Waals surface area contributed by atoms with Gasteiger partial charge in [0.15, 0.2) is 6.29 Å². The first-order valence-electron chi connectivity index (χ1n) is 6.85. The number of hydrogen-bond acceptors (Lipinski definition) is 7. The number of benzene rings is 1. The van der Waals surface area contributed by atoms with E-state index in [0.717, 1.165) is 16.9 Å². The zero-order valence-corrected chi connectivity index (χ0v) is 13.8. The van der Waals surface area contributed by atoms with Crippen LogP contribution in [0.25, 0.3) is 10.4 Å². The highest BCUT2D eigenvalue weighted by atomic mass is 32.1. The minimum absolute atomic E-state index is 0.00535. The Morgan fingerprint density at radius 2 is 2.08 bits per heavy atom. The van der Waals surface area contributed by atoms with E-state index in [1.807, 2.05) is 6.92 Å². The predicted octanol–water partition coefficient (Wildman–Crippen LogP) is 3.13. The van der Waals surface area contributed by atoms with Crippen LogP contribution in [-0.2, 0) is 4.79 Å². The molecule has 0 aliphatic carbocycles. The minimum Gasteiger partial charge on any atom is -0.505 e. The van der Waals surface area contributed by atoms with E-state index in [1.165, 1.54) is 13.0 Å². The van der Waals surface area contributed by atoms with Gasteiger partial charge in [-0.1, -0.05) is 0 Å². The maximum absolute atomic E-state index is 11.0. The summed E-state index contributed by atoms with van der Waals surface area (Å²) in [4.78, 5) is 22.6. The van der Waals surface area contributed by atoms with Crippen LogP contribution >= 0.6 is 11.3 Å². The smallest absolute Gasteiger partial charge is 0.345 e. The fourth-order valence-corrected chi connectivity index (χ4v) is 2.83. The Labute approximate surface area is 141 Å². The summed E-state index contributed by atoms with van der Waals surface area (Å²) in [5, 5.41) is 30.7. The van der Waals surface area contributed by atoms with Gasteiger partial charge < -0.3 is 15.6 Å². The number of aryl methyl sites for hydroxylation is 1. The van der Waals surface area contributed by atoms with Gasteiger partial charge in [-0.25, -0.2) is 4.79 Å². The van der Waals surface area contributed by atoms with E-state index in [9.17, 15) is 14.7 Å². The summed E-state index contributed by atoms with van der Waals surface area (Å²) in [6, 6.07) is 6.45. The monoisotopic (exact) mass is 345 g/mol. The van der Waals surface area contributed by atoms with Crippen molar-refractivity contribution < 1.29 is 19.8 Å². The van der Waals surface area contributed by atoms with E-state index in [0.29, 0.717) is 16.7 Å². The van der Waals surface area contributed by atoms with Gasteiger partial charge in [0.25, 0.3) is 0 Å². The highest BCUT2D eigenvalue weighted by Gasteiger charge is 2.15. The molecule has 24 heavy (non-hydrogen) atoms. The number of carboxylic acid groups (broad SMARTS) is 1. The number of carboxylic acids is 1. The zero-order chi connectivity index (χ0) is 17.9. The number of anilines is 1. The molecular formula is C16H15N3O4S. The Morgan fingerprint density at radius 1 is 1.38 bits per heavy atom. The van der Waals surface area contributed by atoms with E-state index in [1.54, 1.807) is 18.2 Å². The summed E-state index contributed by atoms with van der Waals surface area (Å²) >= 11 is 1.05. The second kappa shape index (κ2) is 7.05. The molecule has 0 spiro atoms. The summed E-state index contributed by atoms with van der Waals surface area (Å²) in [6.07, 6.45) is 0.446. The maximum Gasteiger partial charge on any atom is 0.345 e. The van der Waals surface area contributed by atoms with Gasteiger partial charge in [-0.15, -0.1) is 11.3 Å². The number of aromatic carboxylic acids is 1. The Bertz CT molecular complexity index is 855. The van der Waals surface area contributed by atoms with Crippen molar-refractivity contribution in [3.8, 4) is 16.2 Å². The summed E-state index contributed by atoms with van der Waals surface area (Å²) in [5.41, 5.74) is 4.03. The quantitative estimate of drug-likeness (QED) is 0.277. The van der Waals surface area contributed by atoms with Crippen LogP contribution in [-0.4, -0.2) is 33.9 Å². The summed E-state index contributed by atoms with van der Waals surface area (Å²) in [5.74, 6) is -1.14. The lowest BCUT2D eigenvalue weighted by Crippen LogP contribution is -2.12. The van der Waals surface area contributed by atoms with Crippen LogP contribution in [0.5, 0.6) is 5.75 Å². The largest absolute Gasteiger partial charge is 0.505 e. The molecule has 124 valence electrons. The molecule has 1 heterocycles. The van der Waals surface area contributed by atoms with Gasteiger partial charge in [0.05, 0.1) is 11.4 Å². The molecule has 0 saturated heterocycles. The van der Waals surface area contributed by atoms with E-state index in [-0.39, 0.29) is 27.7 Å². The highest BCUT2D eigenvalue weighted by Crippen LogP contribution is 2.40. The van der Waals surface area contributed by atoms with Crippen molar-refractivity contribution in [3.05, 3.63) is 34.7 Å². The summed E-state index contributed by atoms with van der Waals surface area (Å²) in [7, 11) is 0. The first-order valence-corrected chi connectivity index (χ1v) is 7.66. The van der Waals surface area contributed by atoms with Crippen LogP contribution in [0.2, 0.25) is 0 Å². The molecular weight excluding hydrogens is 330 g/mol. The number of aromatic hydroxyl groups is 1. The topological polar surface area (TPSA) is 123 Å². The van der Waals surface area contributed by atoms with Gasteiger partial charge in [-0.3, -0.25) is 10.2 Å². The van der Waals surface area contributed by atoms with E-state index < -0.39 is 5.97 Å². The number of thiophene rings is 1. The third kappa shape index (κ3) is 3.66. The van der Waals surface area contributed by atoms with Crippen LogP contribution in [0.4, 0.5) is 5.69 Å². The number of carbonyl (C=O) groups excluding carboxylic acids is 1. The minimum atomic E-state index is -1.03. The SMILES string of the molecule is CC(=N)/C(C=O)=N/Nc1cc(C)cc(-c2ccc(C(=O)O)s2)c1O. The molecule has 2 rings (SSSR count). The molecule has 0 bridgehead atoms. The van der Waals surface area contributed by atoms with Crippen molar-refractivity contribution in [2.45, 2.75) is 13.8 Å². The van der Waals surface area contributed by atoms with Gasteiger partial charge in [0.2, 0.25) is 0 Å². The molecule has 1 aromatic carbocycles. The first-order chi connectivity index (χ1) is 11.3. The molecule has 0 fully saturated rings. The van der Waals surface area contributed by atoms with E-state index in [4.69, 9.17) is 10.5 Å². The van der Waals surface area contributed by atoms with Gasteiger partial charge >= 0.3 is 5.97 Å². The van der Waals surface area contributed by atoms with Gasteiger partial charge in [-0.2, -0.15) is 5.10 Å². The second-order valence-electron chi connectivity index (χ2n) is 5.03. The van der Waals surface area contributed by atoms with Crippen molar-refractivity contribution in [2.75, 3.05) is 5.43 Å². The lowest BCUT2D eigenvalue weighted by atomic mass is 10.1. The molecule has 0 radical (unpaired) electrons. The molecule has 0 amide bonds. The van der Waals surface area contributed by atoms with E-state index in [2.05, 4.69) is 10.5 Å². The lowest BCUT2D eigenvalue weighted by Gasteiger charge is -2.10. The van der Waals surface area contributed by atoms with E-state index >= 15 is 0 Å². The number of hydrogen-bond donors (Lipinski definition) is 4. The molecule has 0 aliphatic rings. The van der Waals surface area contributed by atoms with Crippen LogP contribution in [0.1, 0.15) is 22.2 Å². The van der Waals surface area contributed by atoms with Crippen molar-refractivity contribution in [1.82, 2.24) is 0 Å². The molecule has 0 unspecified atom stereocenters. The van der Waals surface area contributed by atoms with Crippen molar-refractivity contribution in [2.24, 2.45) is 5.10 Å². The number of rotatable bonds is 6. The Hall–Kier alpha value is -3.00. The first kappa shape index (κ1) is 17.4. The Morgan fingerprint density at radius 3 is 2.62 bits per heavy atom. The lowest BCUT2D eigenvalue weighted by molar-refractivity contribution is -0.102. The van der Waals surface area contributed by atoms with Crippen molar-refractivity contribution >= 4 is 40.7 Å². The van der Waals surface area contributed by atoms with Crippen molar-refractivity contribution in [3.63, 3.8) is 0 Å². The predicted molar refractivity (Wildman–Crippen MR) is 93.6 cm³/mol. The fraction of sp³-hybridized carbons (Fsp3) is 0.125. The molecule has 0 aliphatic heterocycles. The molecule has 0 atom stereocenters. The maximum atomic E-state index is 11.0. The number of aldehydes is 1. The summed E-state index contributed by atoms with van der Waals surface area (Å²) < 4.78 is 0. The third-order valence-corrected chi connectivity index (χ3v) is 4.24. The summed E-state index contributed by atoms with van der Waals surface area (Å²) in [6.45, 7) is 3.24. The fourth-order valence-electron chi connectivity index (χ4n) is 1.97. The van der Waals surface area contributed by atoms with Crippen LogP contribution in [0.3, 0.4) is 0 Å². The molecule has 7 nitrogen and oxygen atoms in total. The average molecular weight is 345 g/mol. The normalized spacial score (nSPS) is 11.2. The second-order valence-corrected chi connectivity index (χ2v) is 6.11. The Kier molecular flexibility index (Phi) is 5.10.